The number of thioether (sulfide) groups is 1. The van der Waals surface area contributed by atoms with Gasteiger partial charge in [-0.1, -0.05) is 0 Å². The number of carbonyl (C=O) groups is 4. The number of carbonyl (C=O) groups excluding carboxylic acids is 2. The van der Waals surface area contributed by atoms with E-state index in [1.54, 1.807) is 6.07 Å². The highest BCUT2D eigenvalue weighted by Gasteiger charge is 2.23. The number of aliphatic hydroxyl groups is 1. The van der Waals surface area contributed by atoms with E-state index in [0.717, 1.165) is 21.5 Å². The molecule has 34 heavy (non-hydrogen) atoms. The van der Waals surface area contributed by atoms with E-state index in [1.807, 2.05) is 32.0 Å². The number of hydrogen-bond acceptors (Lipinski definition) is 8. The van der Waals surface area contributed by atoms with Crippen LogP contribution in [0.1, 0.15) is 25.5 Å². The number of nitrogens with zero attached hydrogens (tertiary/aromatic N) is 1. The highest BCUT2D eigenvalue weighted by atomic mass is 32.2. The molecule has 0 aliphatic heterocycles. The van der Waals surface area contributed by atoms with Crippen molar-refractivity contribution in [2.45, 2.75) is 43.7 Å². The molecule has 0 aliphatic carbocycles. The maximum atomic E-state index is 12.5. The minimum atomic E-state index is -1.70. The second-order valence-corrected chi connectivity index (χ2v) is 8.37. The summed E-state index contributed by atoms with van der Waals surface area (Å²) in [6.07, 6.45) is -2.35. The van der Waals surface area contributed by atoms with E-state index in [4.69, 9.17) is 14.9 Å². The van der Waals surface area contributed by atoms with Crippen LogP contribution in [0.15, 0.2) is 29.2 Å². The molecule has 0 bridgehead atoms. The molecule has 0 saturated carbocycles. The van der Waals surface area contributed by atoms with Crippen LogP contribution >= 0.6 is 11.8 Å². The number of benzene rings is 1. The summed E-state index contributed by atoms with van der Waals surface area (Å²) in [7, 11) is 0. The molecule has 2 atom stereocenters. The fourth-order valence-electron chi connectivity index (χ4n) is 2.98. The van der Waals surface area contributed by atoms with Crippen LogP contribution < -0.4 is 15.4 Å². The molecule has 0 radical (unpaired) electrons. The Morgan fingerprint density at radius 3 is 2.56 bits per heavy atom. The number of carboxylic acids is 2. The summed E-state index contributed by atoms with van der Waals surface area (Å²) >= 11 is 1.27. The Kier molecular flexibility index (Phi) is 10.1. The molecule has 0 fully saturated rings. The van der Waals surface area contributed by atoms with Gasteiger partial charge >= 0.3 is 11.9 Å². The van der Waals surface area contributed by atoms with Crippen LogP contribution in [0.5, 0.6) is 5.75 Å². The summed E-state index contributed by atoms with van der Waals surface area (Å²) in [6, 6.07) is 6.20. The highest BCUT2D eigenvalue weighted by Crippen LogP contribution is 2.31. The van der Waals surface area contributed by atoms with Crippen LogP contribution in [0.4, 0.5) is 0 Å². The summed E-state index contributed by atoms with van der Waals surface area (Å²) in [5, 5.41) is 32.5. The quantitative estimate of drug-likeness (QED) is 0.253. The van der Waals surface area contributed by atoms with Gasteiger partial charge in [-0.05, 0) is 44.5 Å². The minimum Gasteiger partial charge on any atom is -0.494 e. The van der Waals surface area contributed by atoms with Gasteiger partial charge in [-0.15, -0.1) is 11.8 Å². The molecule has 2 aromatic rings. The number of aliphatic hydroxyl groups excluding tert-OH is 1. The predicted molar refractivity (Wildman–Crippen MR) is 124 cm³/mol. The van der Waals surface area contributed by atoms with Crippen molar-refractivity contribution in [1.82, 2.24) is 15.6 Å². The van der Waals surface area contributed by atoms with Gasteiger partial charge in [0.25, 0.3) is 0 Å². The van der Waals surface area contributed by atoms with Gasteiger partial charge in [0.2, 0.25) is 11.8 Å². The normalized spacial score (nSPS) is 12.6. The lowest BCUT2D eigenvalue weighted by Crippen LogP contribution is -2.49. The van der Waals surface area contributed by atoms with Crippen molar-refractivity contribution in [3.8, 4) is 5.75 Å². The fraction of sp³-hybridized carbons (Fsp3) is 0.409. The van der Waals surface area contributed by atoms with Crippen molar-refractivity contribution in [3.63, 3.8) is 0 Å². The minimum absolute atomic E-state index is 0.0656. The molecule has 0 aliphatic rings. The first-order valence-electron chi connectivity index (χ1n) is 10.5. The average molecular weight is 494 g/mol. The average Bonchev–Trinajstić information content (AvgIpc) is 2.78. The van der Waals surface area contributed by atoms with Gasteiger partial charge in [0.15, 0.2) is 6.10 Å². The van der Waals surface area contributed by atoms with Gasteiger partial charge < -0.3 is 30.7 Å². The second kappa shape index (κ2) is 12.8. The van der Waals surface area contributed by atoms with Crippen LogP contribution in [0.3, 0.4) is 0 Å². The molecule has 184 valence electrons. The summed E-state index contributed by atoms with van der Waals surface area (Å²) in [5.74, 6) is -3.32. The Morgan fingerprint density at radius 1 is 1.18 bits per heavy atom. The Morgan fingerprint density at radius 2 is 1.91 bits per heavy atom. The number of aryl methyl sites for hydroxylation is 1. The van der Waals surface area contributed by atoms with Crippen LogP contribution in [0.25, 0.3) is 10.9 Å². The predicted octanol–water partition coefficient (Wildman–Crippen LogP) is 0.945. The third kappa shape index (κ3) is 8.19. The maximum Gasteiger partial charge on any atom is 0.332 e. The number of aromatic nitrogens is 1. The summed E-state index contributed by atoms with van der Waals surface area (Å²) < 4.78 is 5.56. The van der Waals surface area contributed by atoms with Crippen LogP contribution in [-0.4, -0.2) is 75.1 Å². The van der Waals surface area contributed by atoms with Crippen molar-refractivity contribution in [2.75, 3.05) is 18.9 Å². The zero-order valence-electron chi connectivity index (χ0n) is 18.7. The van der Waals surface area contributed by atoms with E-state index < -0.39 is 42.4 Å². The molecule has 12 heteroatoms. The Hall–Kier alpha value is -3.38. The first kappa shape index (κ1) is 26.9. The first-order chi connectivity index (χ1) is 16.1. The zero-order chi connectivity index (χ0) is 25.3. The Labute approximate surface area is 199 Å². The maximum absolute atomic E-state index is 12.5. The van der Waals surface area contributed by atoms with Crippen LogP contribution in [0, 0.1) is 6.92 Å². The largest absolute Gasteiger partial charge is 0.494 e. The molecule has 0 saturated heterocycles. The summed E-state index contributed by atoms with van der Waals surface area (Å²) in [4.78, 5) is 51.7. The number of ether oxygens (including phenoxy) is 1. The van der Waals surface area contributed by atoms with Crippen molar-refractivity contribution in [1.29, 1.82) is 0 Å². The van der Waals surface area contributed by atoms with Crippen molar-refractivity contribution >= 4 is 46.4 Å². The van der Waals surface area contributed by atoms with Crippen molar-refractivity contribution < 1.29 is 39.2 Å². The zero-order valence-corrected chi connectivity index (χ0v) is 19.6. The van der Waals surface area contributed by atoms with Crippen molar-refractivity contribution in [3.05, 3.63) is 30.0 Å². The molecule has 5 N–H and O–H groups in total. The van der Waals surface area contributed by atoms with Gasteiger partial charge in [-0.2, -0.15) is 0 Å². The van der Waals surface area contributed by atoms with E-state index >= 15 is 0 Å². The van der Waals surface area contributed by atoms with E-state index in [-0.39, 0.29) is 18.6 Å². The van der Waals surface area contributed by atoms with Gasteiger partial charge in [-0.3, -0.25) is 19.4 Å². The lowest BCUT2D eigenvalue weighted by atomic mass is 10.2. The fourth-order valence-corrected chi connectivity index (χ4v) is 4.13. The van der Waals surface area contributed by atoms with Crippen LogP contribution in [0.2, 0.25) is 0 Å². The van der Waals surface area contributed by atoms with E-state index in [2.05, 4.69) is 15.6 Å². The summed E-state index contributed by atoms with van der Waals surface area (Å²) in [6.45, 7) is 3.56. The standard InChI is InChI=1S/C22H27N3O8S/c1-3-33-13-4-5-15-14(9-13)18(8-12(2)24-15)34-11-16(21(30)23-10-20(28)29)25-19(27)7-6-17(26)22(31)32/h4-5,8-9,16-17,26H,3,6-7,10-11H2,1-2H3,(H,23,30)(H,25,27)(H,28,29)(H,31,32)/t16-,17+/m0/s1. The molecular weight excluding hydrogens is 466 g/mol. The number of fused-ring (bicyclic) bond motifs is 1. The van der Waals surface area contributed by atoms with E-state index in [1.165, 1.54) is 11.8 Å². The van der Waals surface area contributed by atoms with Gasteiger partial charge in [0.1, 0.15) is 18.3 Å². The van der Waals surface area contributed by atoms with E-state index in [0.29, 0.717) is 12.4 Å². The highest BCUT2D eigenvalue weighted by molar-refractivity contribution is 7.99. The number of nitrogens with one attached hydrogen (secondary N) is 2. The molecule has 1 heterocycles. The molecule has 0 spiro atoms. The Bertz CT molecular complexity index is 1060. The molecule has 2 amide bonds. The molecular formula is C22H27N3O8S. The number of carboxylic acid groups (broad SMARTS) is 2. The monoisotopic (exact) mass is 493 g/mol. The lowest BCUT2D eigenvalue weighted by Gasteiger charge is -2.19. The molecule has 0 unspecified atom stereocenters. The Balaban J connectivity index is 2.20. The lowest BCUT2D eigenvalue weighted by molar-refractivity contribution is -0.147. The number of pyridine rings is 1. The van der Waals surface area contributed by atoms with Crippen LogP contribution in [-0.2, 0) is 19.2 Å². The third-order valence-electron chi connectivity index (χ3n) is 4.58. The van der Waals surface area contributed by atoms with Gasteiger partial charge in [0.05, 0.1) is 12.1 Å². The number of hydrogen-bond donors (Lipinski definition) is 5. The SMILES string of the molecule is CCOc1ccc2nc(C)cc(SC[C@H](NC(=O)CC[C@@H](O)C(=O)O)C(=O)NCC(=O)O)c2c1. The summed E-state index contributed by atoms with van der Waals surface area (Å²) in [5.41, 5.74) is 1.47. The topological polar surface area (TPSA) is 175 Å². The number of aliphatic carboxylic acids is 2. The molecule has 2 rings (SSSR count). The number of amides is 2. The van der Waals surface area contributed by atoms with Gasteiger partial charge in [0, 0.05) is 28.1 Å². The molecule has 1 aromatic heterocycles. The number of rotatable bonds is 13. The molecule has 11 nitrogen and oxygen atoms in total. The van der Waals surface area contributed by atoms with E-state index in [9.17, 15) is 24.3 Å². The second-order valence-electron chi connectivity index (χ2n) is 7.31. The molecule has 1 aromatic carbocycles. The first-order valence-corrected chi connectivity index (χ1v) is 11.5. The van der Waals surface area contributed by atoms with Gasteiger partial charge in [-0.25, -0.2) is 4.79 Å². The van der Waals surface area contributed by atoms with Crippen molar-refractivity contribution in [2.24, 2.45) is 0 Å². The third-order valence-corrected chi connectivity index (χ3v) is 5.73. The smallest absolute Gasteiger partial charge is 0.332 e.